The molecule has 0 heterocycles. The van der Waals surface area contributed by atoms with Gasteiger partial charge in [-0.15, -0.1) is 0 Å². The second-order valence-corrected chi connectivity index (χ2v) is 4.14. The minimum Gasteiger partial charge on any atom is -0.258 e. The number of hydrogen-bond acceptors (Lipinski definition) is 2. The van der Waals surface area contributed by atoms with Crippen LogP contribution in [0.5, 0.6) is 0 Å². The molecule has 0 spiro atoms. The average Bonchev–Trinajstić information content (AvgIpc) is 2.30. The maximum atomic E-state index is 10.6. The van der Waals surface area contributed by atoms with Gasteiger partial charge in [-0.3, -0.25) is 10.1 Å². The third-order valence-corrected chi connectivity index (χ3v) is 2.68. The van der Waals surface area contributed by atoms with Crippen molar-refractivity contribution in [2.24, 2.45) is 0 Å². The van der Waals surface area contributed by atoms with Crippen molar-refractivity contribution in [2.45, 2.75) is 0 Å². The molecule has 0 aliphatic rings. The monoisotopic (exact) mass is 276 g/mol. The fraction of sp³-hybridized carbons (Fsp3) is 0. The van der Waals surface area contributed by atoms with Crippen LogP contribution in [0, 0.1) is 16.2 Å². The Balaban J connectivity index is 2.44. The molecule has 0 fully saturated rings. The minimum absolute atomic E-state index is 0.0802. The topological polar surface area (TPSA) is 43.1 Å². The third kappa shape index (κ3) is 2.28. The van der Waals surface area contributed by atoms with Crippen LogP contribution in [0.4, 0.5) is 5.69 Å². The largest absolute Gasteiger partial charge is 0.270 e. The van der Waals surface area contributed by atoms with Gasteiger partial charge in [-0.05, 0) is 35.4 Å². The van der Waals surface area contributed by atoms with Crippen LogP contribution in [0.25, 0.3) is 11.1 Å². The first-order valence-electron chi connectivity index (χ1n) is 4.59. The van der Waals surface area contributed by atoms with E-state index in [1.54, 1.807) is 6.07 Å². The number of non-ortho nitro benzene ring substituents is 1. The SMILES string of the molecule is O=[N+]([O-])c1cc[c]c(-c2ccc(Br)cc2)c1. The lowest BCUT2D eigenvalue weighted by atomic mass is 10.1. The molecule has 79 valence electrons. The molecule has 16 heavy (non-hydrogen) atoms. The number of nitrogens with zero attached hydrogens (tertiary/aromatic N) is 1. The van der Waals surface area contributed by atoms with E-state index in [1.165, 1.54) is 12.1 Å². The first-order chi connectivity index (χ1) is 7.66. The van der Waals surface area contributed by atoms with Gasteiger partial charge < -0.3 is 0 Å². The summed E-state index contributed by atoms with van der Waals surface area (Å²) >= 11 is 3.34. The van der Waals surface area contributed by atoms with Gasteiger partial charge in [0.1, 0.15) is 0 Å². The maximum Gasteiger partial charge on any atom is 0.270 e. The second-order valence-electron chi connectivity index (χ2n) is 3.22. The molecule has 0 unspecified atom stereocenters. The predicted octanol–water partition coefficient (Wildman–Crippen LogP) is 3.82. The van der Waals surface area contributed by atoms with Crippen molar-refractivity contribution in [1.82, 2.24) is 0 Å². The van der Waals surface area contributed by atoms with Crippen molar-refractivity contribution in [1.29, 1.82) is 0 Å². The Labute approximate surface area is 101 Å². The van der Waals surface area contributed by atoms with Crippen LogP contribution in [0.1, 0.15) is 0 Å². The van der Waals surface area contributed by atoms with Gasteiger partial charge in [0.05, 0.1) is 4.92 Å². The number of benzene rings is 2. The summed E-state index contributed by atoms with van der Waals surface area (Å²) in [6, 6.07) is 15.1. The first-order valence-corrected chi connectivity index (χ1v) is 5.38. The van der Waals surface area contributed by atoms with Crippen LogP contribution in [-0.2, 0) is 0 Å². The Morgan fingerprint density at radius 3 is 2.50 bits per heavy atom. The first kappa shape index (κ1) is 10.8. The smallest absolute Gasteiger partial charge is 0.258 e. The van der Waals surface area contributed by atoms with E-state index in [-0.39, 0.29) is 5.69 Å². The summed E-state index contributed by atoms with van der Waals surface area (Å²) in [5.74, 6) is 0. The summed E-state index contributed by atoms with van der Waals surface area (Å²) in [5, 5.41) is 10.6. The molecular weight excluding hydrogens is 270 g/mol. The zero-order chi connectivity index (χ0) is 11.5. The quantitative estimate of drug-likeness (QED) is 0.618. The Hall–Kier alpha value is -1.68. The van der Waals surface area contributed by atoms with E-state index in [2.05, 4.69) is 22.0 Å². The fourth-order valence-corrected chi connectivity index (χ4v) is 1.63. The molecule has 0 saturated carbocycles. The Kier molecular flexibility index (Phi) is 3.01. The zero-order valence-electron chi connectivity index (χ0n) is 8.18. The maximum absolute atomic E-state index is 10.6. The molecule has 0 atom stereocenters. The van der Waals surface area contributed by atoms with Gasteiger partial charge in [0.15, 0.2) is 0 Å². The number of nitro groups is 1. The number of hydrogen-bond donors (Lipinski definition) is 0. The van der Waals surface area contributed by atoms with Gasteiger partial charge in [-0.1, -0.05) is 28.1 Å². The summed E-state index contributed by atoms with van der Waals surface area (Å²) in [4.78, 5) is 10.2. The standard InChI is InChI=1S/C12H7BrNO2/c13-11-6-4-9(5-7-11)10-2-1-3-12(8-10)14(15)16/h1,3-8H. The van der Waals surface area contributed by atoms with E-state index in [4.69, 9.17) is 0 Å². The molecule has 0 saturated heterocycles. The Morgan fingerprint density at radius 2 is 1.88 bits per heavy atom. The van der Waals surface area contributed by atoms with E-state index < -0.39 is 4.92 Å². The molecule has 2 aromatic carbocycles. The highest BCUT2D eigenvalue weighted by Gasteiger charge is 2.06. The van der Waals surface area contributed by atoms with Gasteiger partial charge in [0.25, 0.3) is 5.69 Å². The predicted molar refractivity (Wildman–Crippen MR) is 65.1 cm³/mol. The summed E-state index contributed by atoms with van der Waals surface area (Å²) in [6.45, 7) is 0. The molecule has 1 radical (unpaired) electrons. The number of rotatable bonds is 2. The zero-order valence-corrected chi connectivity index (χ0v) is 9.77. The molecule has 2 aromatic rings. The highest BCUT2D eigenvalue weighted by molar-refractivity contribution is 9.10. The molecule has 3 nitrogen and oxygen atoms in total. The van der Waals surface area contributed by atoms with Crippen molar-refractivity contribution in [3.05, 3.63) is 63.1 Å². The summed E-state index contributed by atoms with van der Waals surface area (Å²) in [5.41, 5.74) is 1.71. The van der Waals surface area contributed by atoms with Crippen LogP contribution in [-0.4, -0.2) is 4.92 Å². The van der Waals surface area contributed by atoms with Crippen molar-refractivity contribution < 1.29 is 4.92 Å². The average molecular weight is 277 g/mol. The van der Waals surface area contributed by atoms with Gasteiger partial charge >= 0.3 is 0 Å². The molecule has 4 heteroatoms. The third-order valence-electron chi connectivity index (χ3n) is 2.15. The van der Waals surface area contributed by atoms with E-state index in [9.17, 15) is 10.1 Å². The minimum atomic E-state index is -0.407. The van der Waals surface area contributed by atoms with Crippen LogP contribution in [0.15, 0.2) is 46.9 Å². The molecule has 2 rings (SSSR count). The number of halogens is 1. The molecule has 0 aliphatic heterocycles. The Morgan fingerprint density at radius 1 is 1.19 bits per heavy atom. The van der Waals surface area contributed by atoms with E-state index in [0.717, 1.165) is 15.6 Å². The van der Waals surface area contributed by atoms with Gasteiger partial charge in [0.2, 0.25) is 0 Å². The molecule has 0 amide bonds. The van der Waals surface area contributed by atoms with Gasteiger partial charge in [-0.2, -0.15) is 0 Å². The van der Waals surface area contributed by atoms with Gasteiger partial charge in [-0.25, -0.2) is 0 Å². The van der Waals surface area contributed by atoms with E-state index >= 15 is 0 Å². The number of nitro benzene ring substituents is 1. The lowest BCUT2D eigenvalue weighted by molar-refractivity contribution is -0.384. The van der Waals surface area contributed by atoms with E-state index in [1.807, 2.05) is 24.3 Å². The van der Waals surface area contributed by atoms with Gasteiger partial charge in [0, 0.05) is 16.6 Å². The molecule has 0 aromatic heterocycles. The molecule has 0 aliphatic carbocycles. The summed E-state index contributed by atoms with van der Waals surface area (Å²) in [7, 11) is 0. The fourth-order valence-electron chi connectivity index (χ4n) is 1.36. The summed E-state index contributed by atoms with van der Waals surface area (Å²) < 4.78 is 0.974. The lowest BCUT2D eigenvalue weighted by Crippen LogP contribution is -1.88. The highest BCUT2D eigenvalue weighted by atomic mass is 79.9. The van der Waals surface area contributed by atoms with Crippen molar-refractivity contribution in [3.63, 3.8) is 0 Å². The lowest BCUT2D eigenvalue weighted by Gasteiger charge is -2.00. The van der Waals surface area contributed by atoms with Crippen molar-refractivity contribution >= 4 is 21.6 Å². The van der Waals surface area contributed by atoms with Crippen LogP contribution >= 0.6 is 15.9 Å². The molecule has 0 bridgehead atoms. The normalized spacial score (nSPS) is 10.1. The van der Waals surface area contributed by atoms with Crippen molar-refractivity contribution in [3.8, 4) is 11.1 Å². The van der Waals surface area contributed by atoms with Crippen molar-refractivity contribution in [2.75, 3.05) is 0 Å². The van der Waals surface area contributed by atoms with E-state index in [0.29, 0.717) is 0 Å². The van der Waals surface area contributed by atoms with Crippen LogP contribution in [0.2, 0.25) is 0 Å². The molecular formula is C12H7BrNO2. The Bertz CT molecular complexity index is 523. The highest BCUT2D eigenvalue weighted by Crippen LogP contribution is 2.24. The van der Waals surface area contributed by atoms with Crippen LogP contribution < -0.4 is 0 Å². The second kappa shape index (κ2) is 4.45. The summed E-state index contributed by atoms with van der Waals surface area (Å²) in [6.07, 6.45) is 0. The van der Waals surface area contributed by atoms with Crippen LogP contribution in [0.3, 0.4) is 0 Å². The molecule has 0 N–H and O–H groups in total.